The predicted molar refractivity (Wildman–Crippen MR) is 230 cm³/mol. The summed E-state index contributed by atoms with van der Waals surface area (Å²) in [7, 11) is 0. The fourth-order valence-corrected chi connectivity index (χ4v) is 8.89. The summed E-state index contributed by atoms with van der Waals surface area (Å²) in [6, 6.07) is 63.0. The van der Waals surface area contributed by atoms with Crippen molar-refractivity contribution in [1.82, 2.24) is 14.5 Å². The number of rotatable bonds is 3. The van der Waals surface area contributed by atoms with Gasteiger partial charge < -0.3 is 0 Å². The Kier molecular flexibility index (Phi) is 7.14. The zero-order valence-electron chi connectivity index (χ0n) is 30.2. The molecular formula is C52H35N3. The van der Waals surface area contributed by atoms with Gasteiger partial charge in [0.1, 0.15) is 5.69 Å². The van der Waals surface area contributed by atoms with Crippen LogP contribution in [0.3, 0.4) is 0 Å². The van der Waals surface area contributed by atoms with Crippen molar-refractivity contribution < 1.29 is 0 Å². The van der Waals surface area contributed by atoms with Crippen molar-refractivity contribution in [3.05, 3.63) is 205 Å². The van der Waals surface area contributed by atoms with Crippen molar-refractivity contribution in [3.8, 4) is 39.3 Å². The number of hydrogen-bond donors (Lipinski definition) is 0. The maximum atomic E-state index is 5.69. The van der Waals surface area contributed by atoms with Crippen LogP contribution in [-0.4, -0.2) is 14.5 Å². The lowest BCUT2D eigenvalue weighted by molar-refractivity contribution is 0.870. The lowest BCUT2D eigenvalue weighted by Crippen LogP contribution is -2.09. The Morgan fingerprint density at radius 3 is 1.89 bits per heavy atom. The van der Waals surface area contributed by atoms with Crippen LogP contribution in [0.5, 0.6) is 0 Å². The molecule has 11 rings (SSSR count). The van der Waals surface area contributed by atoms with E-state index in [4.69, 9.17) is 16.5 Å². The van der Waals surface area contributed by atoms with E-state index in [1.807, 2.05) is 0 Å². The van der Waals surface area contributed by atoms with Crippen LogP contribution in [0.25, 0.3) is 88.4 Å². The maximum Gasteiger partial charge on any atom is 0.164 e. The summed E-state index contributed by atoms with van der Waals surface area (Å²) in [6.07, 6.45) is 1.65. The van der Waals surface area contributed by atoms with Crippen molar-refractivity contribution in [2.45, 2.75) is 12.8 Å². The largest absolute Gasteiger partial charge is 0.296 e. The Labute approximate surface area is 319 Å². The SMILES string of the molecule is C=C1c2ccccc2-c2c(n(-c3nc4c(ccc5ccccc54)nc3-c3ccc(-c4ccccc4)cc3)c3ccccc23)CCc2c1ccc1ccccc21. The fourth-order valence-electron chi connectivity index (χ4n) is 8.89. The molecule has 0 saturated carbocycles. The van der Waals surface area contributed by atoms with Crippen LogP contribution >= 0.6 is 0 Å². The number of para-hydroxylation sites is 1. The molecule has 2 aromatic heterocycles. The molecular weight excluding hydrogens is 667 g/mol. The summed E-state index contributed by atoms with van der Waals surface area (Å²) < 4.78 is 2.43. The first-order chi connectivity index (χ1) is 27.2. The van der Waals surface area contributed by atoms with Gasteiger partial charge in [-0.2, -0.15) is 0 Å². The van der Waals surface area contributed by atoms with E-state index in [0.717, 1.165) is 68.4 Å². The first kappa shape index (κ1) is 31.4. The van der Waals surface area contributed by atoms with Gasteiger partial charge in [0.05, 0.1) is 16.6 Å². The van der Waals surface area contributed by atoms with Crippen LogP contribution in [0.4, 0.5) is 0 Å². The first-order valence-corrected chi connectivity index (χ1v) is 19.0. The molecule has 1 aliphatic rings. The molecule has 55 heavy (non-hydrogen) atoms. The third-order valence-electron chi connectivity index (χ3n) is 11.5. The fraction of sp³-hybridized carbons (Fsp3) is 0.0385. The molecule has 10 aromatic rings. The van der Waals surface area contributed by atoms with Crippen LogP contribution in [0, 0.1) is 0 Å². The highest BCUT2D eigenvalue weighted by Gasteiger charge is 2.28. The highest BCUT2D eigenvalue weighted by atomic mass is 15.1. The van der Waals surface area contributed by atoms with E-state index in [1.54, 1.807) is 0 Å². The molecule has 0 aliphatic heterocycles. The second-order valence-corrected chi connectivity index (χ2v) is 14.5. The van der Waals surface area contributed by atoms with Crippen LogP contribution in [-0.2, 0) is 12.8 Å². The van der Waals surface area contributed by atoms with E-state index >= 15 is 0 Å². The average Bonchev–Trinajstić information content (AvgIpc) is 3.60. The Balaban J connectivity index is 1.24. The number of aromatic nitrogens is 3. The van der Waals surface area contributed by atoms with Gasteiger partial charge >= 0.3 is 0 Å². The van der Waals surface area contributed by atoms with Gasteiger partial charge in [-0.25, -0.2) is 9.97 Å². The topological polar surface area (TPSA) is 30.7 Å². The molecule has 0 spiro atoms. The summed E-state index contributed by atoms with van der Waals surface area (Å²) in [5.41, 5.74) is 15.5. The maximum absolute atomic E-state index is 5.69. The molecule has 0 unspecified atom stereocenters. The van der Waals surface area contributed by atoms with E-state index in [-0.39, 0.29) is 0 Å². The van der Waals surface area contributed by atoms with Crippen LogP contribution in [0.1, 0.15) is 22.4 Å². The highest BCUT2D eigenvalue weighted by molar-refractivity contribution is 6.07. The van der Waals surface area contributed by atoms with Gasteiger partial charge in [-0.1, -0.05) is 170 Å². The normalized spacial score (nSPS) is 12.6. The molecule has 3 heteroatoms. The molecule has 0 radical (unpaired) electrons. The quantitative estimate of drug-likeness (QED) is 0.172. The minimum absolute atomic E-state index is 0.800. The molecule has 3 nitrogen and oxygen atoms in total. The zero-order valence-corrected chi connectivity index (χ0v) is 30.2. The van der Waals surface area contributed by atoms with Crippen LogP contribution < -0.4 is 0 Å². The van der Waals surface area contributed by atoms with Gasteiger partial charge in [-0.15, -0.1) is 0 Å². The van der Waals surface area contributed by atoms with Gasteiger partial charge in [-0.05, 0) is 80.1 Å². The average molecular weight is 702 g/mol. The summed E-state index contributed by atoms with van der Waals surface area (Å²) >= 11 is 0. The summed E-state index contributed by atoms with van der Waals surface area (Å²) in [5.74, 6) is 0.836. The number of aryl methyl sites for hydroxylation is 1. The molecule has 258 valence electrons. The third-order valence-corrected chi connectivity index (χ3v) is 11.5. The highest BCUT2D eigenvalue weighted by Crippen LogP contribution is 2.45. The van der Waals surface area contributed by atoms with Crippen LogP contribution in [0.2, 0.25) is 0 Å². The van der Waals surface area contributed by atoms with Gasteiger partial charge in [0.25, 0.3) is 0 Å². The number of hydrogen-bond acceptors (Lipinski definition) is 2. The zero-order chi connectivity index (χ0) is 36.5. The molecule has 0 N–H and O–H groups in total. The van der Waals surface area contributed by atoms with E-state index in [0.29, 0.717) is 0 Å². The molecule has 2 heterocycles. The Morgan fingerprint density at radius 1 is 0.455 bits per heavy atom. The first-order valence-electron chi connectivity index (χ1n) is 19.0. The molecule has 0 saturated heterocycles. The lowest BCUT2D eigenvalue weighted by atomic mass is 9.88. The minimum Gasteiger partial charge on any atom is -0.296 e. The van der Waals surface area contributed by atoms with Crippen molar-refractivity contribution in [3.63, 3.8) is 0 Å². The summed E-state index contributed by atoms with van der Waals surface area (Å²) in [6.45, 7) is 4.78. The standard InChI is InChI=1S/C52H35N3/c1-33-39-17-9-10-20-44(39)49-45-21-11-12-22-47(45)55(48(49)32-30-43-40(33)29-27-36-15-5-7-18-41(36)43)52-50(38-25-23-35(24-26-38)34-13-3-2-4-14-34)53-46-31-28-37-16-6-8-19-42(37)51(46)54-52/h2-29,31H,1,30,32H2. The molecule has 8 aromatic carbocycles. The van der Waals surface area contributed by atoms with Crippen molar-refractivity contribution in [2.75, 3.05) is 0 Å². The third kappa shape index (κ3) is 4.97. The molecule has 0 amide bonds. The summed E-state index contributed by atoms with van der Waals surface area (Å²) in [4.78, 5) is 11.2. The van der Waals surface area contributed by atoms with Gasteiger partial charge in [0.2, 0.25) is 0 Å². The van der Waals surface area contributed by atoms with Gasteiger partial charge in [0.15, 0.2) is 5.82 Å². The van der Waals surface area contributed by atoms with Gasteiger partial charge in [0, 0.05) is 27.6 Å². The Hall–Kier alpha value is -7.10. The van der Waals surface area contributed by atoms with Crippen molar-refractivity contribution in [1.29, 1.82) is 0 Å². The monoisotopic (exact) mass is 701 g/mol. The smallest absolute Gasteiger partial charge is 0.164 e. The minimum atomic E-state index is 0.800. The predicted octanol–water partition coefficient (Wildman–Crippen LogP) is 13.0. The molecule has 0 fully saturated rings. The second kappa shape index (κ2) is 12.5. The second-order valence-electron chi connectivity index (χ2n) is 14.5. The van der Waals surface area contributed by atoms with Crippen molar-refractivity contribution >= 4 is 49.1 Å². The summed E-state index contributed by atoms with van der Waals surface area (Å²) in [5, 5.41) is 5.96. The van der Waals surface area contributed by atoms with E-state index < -0.39 is 0 Å². The molecule has 0 bridgehead atoms. The Morgan fingerprint density at radius 2 is 1.07 bits per heavy atom. The van der Waals surface area contributed by atoms with E-state index in [2.05, 4.69) is 180 Å². The van der Waals surface area contributed by atoms with E-state index in [9.17, 15) is 0 Å². The molecule has 0 atom stereocenters. The number of benzene rings is 8. The van der Waals surface area contributed by atoms with E-state index in [1.165, 1.54) is 55.2 Å². The number of nitrogens with zero attached hydrogens (tertiary/aromatic N) is 3. The van der Waals surface area contributed by atoms with Gasteiger partial charge in [-0.3, -0.25) is 4.57 Å². The number of fused-ring (bicyclic) bond motifs is 11. The molecule has 1 aliphatic carbocycles. The lowest BCUT2D eigenvalue weighted by Gasteiger charge is -2.18. The van der Waals surface area contributed by atoms with Crippen LogP contribution in [0.15, 0.2) is 183 Å². The Bertz CT molecular complexity index is 3150. The van der Waals surface area contributed by atoms with Crippen molar-refractivity contribution in [2.24, 2.45) is 0 Å².